The zero-order valence-corrected chi connectivity index (χ0v) is 12.7. The molecule has 0 amide bonds. The summed E-state index contributed by atoms with van der Waals surface area (Å²) in [6.07, 6.45) is 4.07. The fourth-order valence-electron chi connectivity index (χ4n) is 3.18. The first-order valence-electron chi connectivity index (χ1n) is 7.88. The van der Waals surface area contributed by atoms with Crippen molar-refractivity contribution in [3.8, 4) is 5.75 Å². The molecule has 1 aliphatic heterocycles. The molecule has 2 aromatic rings. The lowest BCUT2D eigenvalue weighted by Crippen LogP contribution is -2.35. The van der Waals surface area contributed by atoms with E-state index in [0.29, 0.717) is 19.1 Å². The van der Waals surface area contributed by atoms with Gasteiger partial charge in [0.2, 0.25) is 11.8 Å². The van der Waals surface area contributed by atoms with Crippen LogP contribution in [0.25, 0.3) is 0 Å². The molecule has 2 heterocycles. The molecule has 1 aromatic carbocycles. The first-order valence-corrected chi connectivity index (χ1v) is 7.88. The topological polar surface area (TPSA) is 57.4 Å². The Labute approximate surface area is 129 Å². The first-order chi connectivity index (χ1) is 10.8. The second-order valence-electron chi connectivity index (χ2n) is 6.14. The van der Waals surface area contributed by atoms with Gasteiger partial charge in [-0.15, -0.1) is 10.2 Å². The van der Waals surface area contributed by atoms with Crippen molar-refractivity contribution in [2.45, 2.75) is 37.0 Å². The van der Waals surface area contributed by atoms with Gasteiger partial charge < -0.3 is 13.9 Å². The Kier molecular flexibility index (Phi) is 3.37. The number of hydrogen-bond donors (Lipinski definition) is 0. The van der Waals surface area contributed by atoms with E-state index in [1.54, 1.807) is 7.11 Å². The third kappa shape index (κ3) is 2.29. The Bertz CT molecular complexity index is 640. The van der Waals surface area contributed by atoms with Crippen molar-refractivity contribution < 1.29 is 13.9 Å². The summed E-state index contributed by atoms with van der Waals surface area (Å²) in [5.41, 5.74) is 0.965. The summed E-state index contributed by atoms with van der Waals surface area (Å²) in [5.74, 6) is 2.88. The van der Waals surface area contributed by atoms with Crippen LogP contribution in [0.1, 0.15) is 48.9 Å². The maximum atomic E-state index is 6.05. The molecule has 0 N–H and O–H groups in total. The molecule has 1 aliphatic carbocycles. The number of benzene rings is 1. The Balaban J connectivity index is 1.73. The van der Waals surface area contributed by atoms with Gasteiger partial charge in [0, 0.05) is 19.1 Å². The fourth-order valence-corrected chi connectivity index (χ4v) is 3.18. The summed E-state index contributed by atoms with van der Waals surface area (Å²) in [7, 11) is 1.68. The summed E-state index contributed by atoms with van der Waals surface area (Å²) in [4.78, 5) is 0. The smallest absolute Gasteiger partial charge is 0.227 e. The molecule has 5 nitrogen and oxygen atoms in total. The zero-order chi connectivity index (χ0) is 15.0. The Morgan fingerprint density at radius 2 is 1.82 bits per heavy atom. The van der Waals surface area contributed by atoms with Crippen LogP contribution in [0.3, 0.4) is 0 Å². The van der Waals surface area contributed by atoms with Gasteiger partial charge >= 0.3 is 0 Å². The van der Waals surface area contributed by atoms with Crippen LogP contribution in [0.2, 0.25) is 0 Å². The lowest BCUT2D eigenvalue weighted by molar-refractivity contribution is 0.0540. The van der Waals surface area contributed by atoms with E-state index in [2.05, 4.69) is 22.3 Å². The molecule has 2 aliphatic rings. The van der Waals surface area contributed by atoms with Gasteiger partial charge in [0.25, 0.3) is 0 Å². The molecular weight excluding hydrogens is 280 g/mol. The number of nitrogens with zero attached hydrogens (tertiary/aromatic N) is 2. The van der Waals surface area contributed by atoms with Crippen LogP contribution in [0, 0.1) is 0 Å². The Hall–Kier alpha value is -1.88. The maximum absolute atomic E-state index is 6.05. The van der Waals surface area contributed by atoms with Crippen LogP contribution in [-0.4, -0.2) is 30.5 Å². The number of methoxy groups -OCH3 is 1. The molecule has 22 heavy (non-hydrogen) atoms. The molecule has 1 aromatic heterocycles. The predicted molar refractivity (Wildman–Crippen MR) is 80.1 cm³/mol. The van der Waals surface area contributed by atoms with E-state index in [9.17, 15) is 0 Å². The molecule has 1 saturated heterocycles. The van der Waals surface area contributed by atoms with Crippen molar-refractivity contribution in [3.05, 3.63) is 41.6 Å². The van der Waals surface area contributed by atoms with Crippen molar-refractivity contribution in [1.82, 2.24) is 10.2 Å². The van der Waals surface area contributed by atoms with Gasteiger partial charge in [0.1, 0.15) is 5.75 Å². The minimum absolute atomic E-state index is 0.231. The minimum Gasteiger partial charge on any atom is -0.497 e. The molecule has 0 atom stereocenters. The van der Waals surface area contributed by atoms with E-state index < -0.39 is 0 Å². The summed E-state index contributed by atoms with van der Waals surface area (Å²) < 4.78 is 16.9. The van der Waals surface area contributed by atoms with Crippen molar-refractivity contribution in [3.63, 3.8) is 0 Å². The van der Waals surface area contributed by atoms with Gasteiger partial charge in [-0.3, -0.25) is 0 Å². The SMILES string of the molecule is COc1ccc(C2(c3nnc(C4CC4)o3)CCOCC2)cc1. The van der Waals surface area contributed by atoms with Crippen LogP contribution < -0.4 is 4.74 Å². The lowest BCUT2D eigenvalue weighted by atomic mass is 9.74. The highest BCUT2D eigenvalue weighted by Crippen LogP contribution is 2.44. The molecule has 0 radical (unpaired) electrons. The van der Waals surface area contributed by atoms with Crippen molar-refractivity contribution in [2.24, 2.45) is 0 Å². The van der Waals surface area contributed by atoms with E-state index in [1.165, 1.54) is 18.4 Å². The van der Waals surface area contributed by atoms with Crippen LogP contribution in [0.15, 0.2) is 28.7 Å². The van der Waals surface area contributed by atoms with E-state index >= 15 is 0 Å². The van der Waals surface area contributed by atoms with Gasteiger partial charge in [-0.1, -0.05) is 12.1 Å². The fraction of sp³-hybridized carbons (Fsp3) is 0.529. The first kappa shape index (κ1) is 13.8. The normalized spacial score (nSPS) is 20.8. The predicted octanol–water partition coefficient (Wildman–Crippen LogP) is 3.05. The van der Waals surface area contributed by atoms with Crippen LogP contribution in [0.5, 0.6) is 5.75 Å². The maximum Gasteiger partial charge on any atom is 0.227 e. The quantitative estimate of drug-likeness (QED) is 0.868. The van der Waals surface area contributed by atoms with Crippen molar-refractivity contribution in [1.29, 1.82) is 0 Å². The third-order valence-corrected chi connectivity index (χ3v) is 4.77. The van der Waals surface area contributed by atoms with E-state index in [4.69, 9.17) is 13.9 Å². The number of ether oxygens (including phenoxy) is 2. The summed E-state index contributed by atoms with van der Waals surface area (Å²) in [5, 5.41) is 8.66. The Morgan fingerprint density at radius 3 is 2.45 bits per heavy atom. The van der Waals surface area contributed by atoms with Crippen molar-refractivity contribution in [2.75, 3.05) is 20.3 Å². The molecular formula is C17H20N2O3. The highest BCUT2D eigenvalue weighted by molar-refractivity contribution is 5.37. The minimum atomic E-state index is -0.231. The van der Waals surface area contributed by atoms with Gasteiger partial charge in [0.05, 0.1) is 12.5 Å². The zero-order valence-electron chi connectivity index (χ0n) is 12.7. The molecule has 0 spiro atoms. The van der Waals surface area contributed by atoms with Gasteiger partial charge in [0.15, 0.2) is 0 Å². The highest BCUT2D eigenvalue weighted by atomic mass is 16.5. The highest BCUT2D eigenvalue weighted by Gasteiger charge is 2.42. The molecule has 4 rings (SSSR count). The molecule has 116 valence electrons. The third-order valence-electron chi connectivity index (χ3n) is 4.77. The molecule has 1 saturated carbocycles. The molecule has 2 fully saturated rings. The average Bonchev–Trinajstić information content (AvgIpc) is 3.32. The molecule has 0 unspecified atom stereocenters. The van der Waals surface area contributed by atoms with Crippen LogP contribution in [0.4, 0.5) is 0 Å². The van der Waals surface area contributed by atoms with Crippen LogP contribution >= 0.6 is 0 Å². The largest absolute Gasteiger partial charge is 0.497 e. The lowest BCUT2D eigenvalue weighted by Gasteiger charge is -2.34. The number of hydrogen-bond acceptors (Lipinski definition) is 5. The van der Waals surface area contributed by atoms with E-state index in [1.807, 2.05) is 12.1 Å². The average molecular weight is 300 g/mol. The van der Waals surface area contributed by atoms with Gasteiger partial charge in [-0.25, -0.2) is 0 Å². The van der Waals surface area contributed by atoms with Crippen molar-refractivity contribution >= 4 is 0 Å². The standard InChI is InChI=1S/C17H20N2O3/c1-20-14-6-4-13(5-7-14)17(8-10-21-11-9-17)16-19-18-15(22-16)12-2-3-12/h4-7,12H,2-3,8-11H2,1H3. The van der Waals surface area contributed by atoms with E-state index in [0.717, 1.165) is 30.4 Å². The molecule has 5 heteroatoms. The van der Waals surface area contributed by atoms with Crippen LogP contribution in [-0.2, 0) is 10.2 Å². The summed E-state index contributed by atoms with van der Waals surface area (Å²) in [6.45, 7) is 1.43. The number of rotatable bonds is 4. The summed E-state index contributed by atoms with van der Waals surface area (Å²) >= 11 is 0. The van der Waals surface area contributed by atoms with E-state index in [-0.39, 0.29) is 5.41 Å². The monoisotopic (exact) mass is 300 g/mol. The summed E-state index contributed by atoms with van der Waals surface area (Å²) in [6, 6.07) is 8.19. The van der Waals surface area contributed by atoms with Gasteiger partial charge in [-0.2, -0.15) is 0 Å². The second-order valence-corrected chi connectivity index (χ2v) is 6.14. The Morgan fingerprint density at radius 1 is 1.09 bits per heavy atom. The molecule has 0 bridgehead atoms. The number of aromatic nitrogens is 2. The second kappa shape index (κ2) is 5.39. The van der Waals surface area contributed by atoms with Gasteiger partial charge in [-0.05, 0) is 43.4 Å².